The summed E-state index contributed by atoms with van der Waals surface area (Å²) >= 11 is 0. The Kier molecular flexibility index (Phi) is 12.9. The van der Waals surface area contributed by atoms with Crippen LogP contribution in [0.5, 0.6) is 0 Å². The van der Waals surface area contributed by atoms with Gasteiger partial charge >= 0.3 is 0 Å². The fourth-order valence-corrected chi connectivity index (χ4v) is 4.74. The molecule has 3 rings (SSSR count). The molecule has 0 radical (unpaired) electrons. The summed E-state index contributed by atoms with van der Waals surface area (Å²) in [7, 11) is 0. The molecule has 12 heteroatoms. The summed E-state index contributed by atoms with van der Waals surface area (Å²) in [5, 5.41) is 20.9. The van der Waals surface area contributed by atoms with Gasteiger partial charge in [0.15, 0.2) is 0 Å². The Morgan fingerprint density at radius 2 is 1.46 bits per heavy atom. The van der Waals surface area contributed by atoms with E-state index in [4.69, 9.17) is 5.73 Å². The van der Waals surface area contributed by atoms with Crippen molar-refractivity contribution in [3.05, 3.63) is 83.9 Å². The van der Waals surface area contributed by atoms with Gasteiger partial charge in [-0.25, -0.2) is 0 Å². The number of carbonyl (C=O) groups is 6. The minimum Gasteiger partial charge on any atom is -0.368 e. The van der Waals surface area contributed by atoms with Crippen LogP contribution in [0.1, 0.15) is 37.8 Å². The number of hydrogen-bond donors (Lipinski definition) is 5. The maximum atomic E-state index is 13.1. The van der Waals surface area contributed by atoms with Crippen LogP contribution in [0.4, 0.5) is 0 Å². The zero-order valence-corrected chi connectivity index (χ0v) is 25.7. The first-order valence-corrected chi connectivity index (χ1v) is 14.9. The molecule has 3 unspecified atom stereocenters. The molecule has 0 aliphatic carbocycles. The van der Waals surface area contributed by atoms with Crippen LogP contribution in [0.2, 0.25) is 0 Å². The first-order valence-electron chi connectivity index (χ1n) is 14.9. The number of nitrogens with zero attached hydrogens (tertiary/aromatic N) is 1. The molecule has 6 N–H and O–H groups in total. The van der Waals surface area contributed by atoms with Crippen LogP contribution >= 0.6 is 0 Å². The SMILES string of the molecule is CC[C@H](C)C(NC(=O)C(CC#N)NC(=O)Cc1ccccc1)C(=O)C(=O)NCC(=O)NC(Cc1ccc2ccccc2c1)C(N)=O. The van der Waals surface area contributed by atoms with E-state index in [1.807, 2.05) is 48.5 Å². The molecule has 0 spiro atoms. The van der Waals surface area contributed by atoms with Gasteiger partial charge in [-0.15, -0.1) is 0 Å². The van der Waals surface area contributed by atoms with Crippen molar-refractivity contribution in [2.75, 3.05) is 6.54 Å². The summed E-state index contributed by atoms with van der Waals surface area (Å²) in [6.07, 6.45) is 0.142. The number of fused-ring (bicyclic) bond motifs is 1. The van der Waals surface area contributed by atoms with Crippen molar-refractivity contribution in [3.8, 4) is 6.07 Å². The van der Waals surface area contributed by atoms with Gasteiger partial charge in [0, 0.05) is 6.42 Å². The van der Waals surface area contributed by atoms with E-state index in [1.54, 1.807) is 44.2 Å². The molecule has 46 heavy (non-hydrogen) atoms. The Balaban J connectivity index is 1.59. The molecule has 3 aromatic carbocycles. The van der Waals surface area contributed by atoms with E-state index >= 15 is 0 Å². The lowest BCUT2D eigenvalue weighted by molar-refractivity contribution is -0.141. The van der Waals surface area contributed by atoms with Crippen molar-refractivity contribution >= 4 is 46.1 Å². The number of amides is 5. The molecule has 0 aliphatic rings. The average molecular weight is 627 g/mol. The van der Waals surface area contributed by atoms with E-state index in [9.17, 15) is 34.0 Å². The van der Waals surface area contributed by atoms with Gasteiger partial charge in [-0.2, -0.15) is 5.26 Å². The molecular formula is C34H38N6O6. The first-order chi connectivity index (χ1) is 22.0. The molecule has 4 atom stereocenters. The molecule has 5 amide bonds. The van der Waals surface area contributed by atoms with E-state index in [-0.39, 0.29) is 19.3 Å². The largest absolute Gasteiger partial charge is 0.368 e. The van der Waals surface area contributed by atoms with Gasteiger partial charge in [0.2, 0.25) is 29.4 Å². The summed E-state index contributed by atoms with van der Waals surface area (Å²) in [4.78, 5) is 76.3. The van der Waals surface area contributed by atoms with Gasteiger partial charge < -0.3 is 27.0 Å². The molecule has 0 bridgehead atoms. The highest BCUT2D eigenvalue weighted by atomic mass is 16.2. The number of Topliss-reactive ketones (excluding diaryl/α,β-unsaturated/α-hetero) is 1. The third kappa shape index (κ3) is 10.3. The maximum absolute atomic E-state index is 13.1. The zero-order chi connectivity index (χ0) is 33.6. The summed E-state index contributed by atoms with van der Waals surface area (Å²) in [5.74, 6) is -5.45. The smallest absolute Gasteiger partial charge is 0.290 e. The zero-order valence-electron chi connectivity index (χ0n) is 25.7. The number of nitrogens with two attached hydrogens (primary N) is 1. The van der Waals surface area contributed by atoms with Gasteiger partial charge in [0.1, 0.15) is 12.1 Å². The minimum atomic E-state index is -1.29. The van der Waals surface area contributed by atoms with Gasteiger partial charge in [0.25, 0.3) is 5.91 Å². The third-order valence-corrected chi connectivity index (χ3v) is 7.51. The average Bonchev–Trinajstić information content (AvgIpc) is 3.05. The highest BCUT2D eigenvalue weighted by Crippen LogP contribution is 2.17. The van der Waals surface area contributed by atoms with E-state index in [0.29, 0.717) is 12.0 Å². The Hall–Kier alpha value is -5.57. The van der Waals surface area contributed by atoms with Crippen molar-refractivity contribution in [2.45, 2.75) is 57.7 Å². The van der Waals surface area contributed by atoms with E-state index < -0.39 is 65.9 Å². The van der Waals surface area contributed by atoms with Gasteiger partial charge in [-0.05, 0) is 27.8 Å². The topological polar surface area (TPSA) is 200 Å². The van der Waals surface area contributed by atoms with Crippen LogP contribution in [-0.2, 0) is 41.6 Å². The lowest BCUT2D eigenvalue weighted by Crippen LogP contribution is -2.56. The number of nitriles is 1. The Morgan fingerprint density at radius 1 is 0.804 bits per heavy atom. The van der Waals surface area contributed by atoms with E-state index in [2.05, 4.69) is 21.3 Å². The fourth-order valence-electron chi connectivity index (χ4n) is 4.74. The molecular weight excluding hydrogens is 588 g/mol. The monoisotopic (exact) mass is 626 g/mol. The highest BCUT2D eigenvalue weighted by molar-refractivity contribution is 6.38. The number of rotatable bonds is 16. The lowest BCUT2D eigenvalue weighted by atomic mass is 9.94. The summed E-state index contributed by atoms with van der Waals surface area (Å²) in [5.41, 5.74) is 6.99. The van der Waals surface area contributed by atoms with E-state index in [0.717, 1.165) is 16.3 Å². The highest BCUT2D eigenvalue weighted by Gasteiger charge is 2.33. The van der Waals surface area contributed by atoms with Crippen LogP contribution in [-0.4, -0.2) is 60.0 Å². The Labute approximate surface area is 267 Å². The minimum absolute atomic E-state index is 0.0207. The molecule has 0 aliphatic heterocycles. The second-order valence-corrected chi connectivity index (χ2v) is 11.0. The predicted molar refractivity (Wildman–Crippen MR) is 170 cm³/mol. The number of primary amides is 1. The summed E-state index contributed by atoms with van der Waals surface area (Å²) < 4.78 is 0. The molecule has 0 aromatic heterocycles. The lowest BCUT2D eigenvalue weighted by Gasteiger charge is -2.25. The van der Waals surface area contributed by atoms with Crippen molar-refractivity contribution in [1.82, 2.24) is 21.3 Å². The van der Waals surface area contributed by atoms with Crippen LogP contribution in [0.25, 0.3) is 10.8 Å². The van der Waals surface area contributed by atoms with Crippen LogP contribution in [0, 0.1) is 17.2 Å². The van der Waals surface area contributed by atoms with Crippen molar-refractivity contribution in [3.63, 3.8) is 0 Å². The maximum Gasteiger partial charge on any atom is 0.290 e. The molecule has 0 heterocycles. The van der Waals surface area contributed by atoms with Crippen LogP contribution < -0.4 is 27.0 Å². The van der Waals surface area contributed by atoms with Crippen LogP contribution in [0.3, 0.4) is 0 Å². The van der Waals surface area contributed by atoms with Crippen molar-refractivity contribution in [2.24, 2.45) is 11.7 Å². The van der Waals surface area contributed by atoms with Gasteiger partial charge in [-0.3, -0.25) is 28.8 Å². The van der Waals surface area contributed by atoms with Gasteiger partial charge in [0.05, 0.1) is 31.5 Å². The quantitative estimate of drug-likeness (QED) is 0.147. The summed E-state index contributed by atoms with van der Waals surface area (Å²) in [6.45, 7) is 2.79. The Bertz CT molecular complexity index is 1620. The molecule has 3 aromatic rings. The second kappa shape index (κ2) is 17.1. The molecule has 0 saturated heterocycles. The number of hydrogen-bond acceptors (Lipinski definition) is 7. The predicted octanol–water partition coefficient (Wildman–Crippen LogP) is 1.21. The number of ketones is 1. The second-order valence-electron chi connectivity index (χ2n) is 11.0. The standard InChI is InChI=1S/C34H38N6O6/c1-3-21(2)30(40-33(45)26(15-16-35)38-28(41)19-22-9-5-4-6-10-22)31(43)34(46)37-20-29(42)39-27(32(36)44)18-23-13-14-24-11-7-8-12-25(24)17-23/h4-14,17,21,26-27,30H,3,15,18-20H2,1-2H3,(H2,36,44)(H,37,46)(H,38,41)(H,39,42)(H,40,45)/t21-,26?,27?,30?/m0/s1. The molecule has 12 nitrogen and oxygen atoms in total. The van der Waals surface area contributed by atoms with E-state index in [1.165, 1.54) is 0 Å². The molecule has 240 valence electrons. The first kappa shape index (κ1) is 34.9. The van der Waals surface area contributed by atoms with Crippen molar-refractivity contribution in [1.29, 1.82) is 5.26 Å². The summed E-state index contributed by atoms with van der Waals surface area (Å²) in [6, 6.07) is 20.3. The normalized spacial score (nSPS) is 13.2. The van der Waals surface area contributed by atoms with Crippen molar-refractivity contribution < 1.29 is 28.8 Å². The molecule has 0 fully saturated rings. The third-order valence-electron chi connectivity index (χ3n) is 7.51. The Morgan fingerprint density at radius 3 is 2.11 bits per heavy atom. The number of nitrogens with one attached hydrogen (secondary N) is 4. The number of carbonyl (C=O) groups excluding carboxylic acids is 6. The fraction of sp³-hybridized carbons (Fsp3) is 0.324. The van der Waals surface area contributed by atoms with Gasteiger partial charge in [-0.1, -0.05) is 93.1 Å². The van der Waals surface area contributed by atoms with Crippen LogP contribution in [0.15, 0.2) is 72.8 Å². The number of benzene rings is 3. The molecule has 0 saturated carbocycles.